The Balaban J connectivity index is 4.51. The summed E-state index contributed by atoms with van der Waals surface area (Å²) in [5.41, 5.74) is -0.658. The topological polar surface area (TPSA) is 64.5 Å². The molecular formula is C8H20N2O2. The van der Waals surface area contributed by atoms with Crippen LogP contribution >= 0.6 is 0 Å². The van der Waals surface area contributed by atoms with Crippen molar-refractivity contribution in [3.8, 4) is 0 Å². The summed E-state index contributed by atoms with van der Waals surface area (Å²) in [7, 11) is 3.52. The first kappa shape index (κ1) is 11.8. The van der Waals surface area contributed by atoms with Crippen molar-refractivity contribution in [1.82, 2.24) is 10.6 Å². The van der Waals surface area contributed by atoms with E-state index in [-0.39, 0.29) is 0 Å². The van der Waals surface area contributed by atoms with E-state index in [2.05, 4.69) is 10.6 Å². The Morgan fingerprint density at radius 3 is 1.67 bits per heavy atom. The first-order valence-electron chi connectivity index (χ1n) is 4.21. The summed E-state index contributed by atoms with van der Waals surface area (Å²) in [6, 6.07) is 0. The van der Waals surface area contributed by atoms with Crippen molar-refractivity contribution in [2.45, 2.75) is 31.6 Å². The van der Waals surface area contributed by atoms with Crippen LogP contribution < -0.4 is 10.6 Å². The first-order chi connectivity index (χ1) is 5.51. The molecule has 4 N–H and O–H groups in total. The number of rotatable bonds is 5. The van der Waals surface area contributed by atoms with Crippen LogP contribution in [0.1, 0.15) is 13.8 Å². The van der Waals surface area contributed by atoms with Gasteiger partial charge in [0.05, 0.1) is 17.7 Å². The highest BCUT2D eigenvalue weighted by atomic mass is 16.3. The highest BCUT2D eigenvalue weighted by Crippen LogP contribution is 2.14. The standard InChI is InChI=1S/C8H20N2O2/c1-6(11)8(10-4,5-9-3)7(2)12/h6-7,9-12H,5H2,1-4H3. The number of aliphatic hydroxyl groups is 2. The van der Waals surface area contributed by atoms with Crippen molar-refractivity contribution in [2.24, 2.45) is 0 Å². The van der Waals surface area contributed by atoms with Crippen molar-refractivity contribution in [3.05, 3.63) is 0 Å². The molecule has 0 aromatic heterocycles. The third kappa shape index (κ3) is 2.17. The van der Waals surface area contributed by atoms with Gasteiger partial charge in [0.1, 0.15) is 0 Å². The van der Waals surface area contributed by atoms with E-state index in [9.17, 15) is 10.2 Å². The fourth-order valence-electron chi connectivity index (χ4n) is 1.44. The van der Waals surface area contributed by atoms with Crippen LogP contribution in [0.3, 0.4) is 0 Å². The molecule has 0 amide bonds. The molecule has 2 atom stereocenters. The monoisotopic (exact) mass is 176 g/mol. The summed E-state index contributed by atoms with van der Waals surface area (Å²) in [5.74, 6) is 0. The van der Waals surface area contributed by atoms with Crippen LogP contribution in [0.5, 0.6) is 0 Å². The summed E-state index contributed by atoms with van der Waals surface area (Å²) >= 11 is 0. The van der Waals surface area contributed by atoms with Crippen LogP contribution in [-0.4, -0.2) is 48.6 Å². The Hall–Kier alpha value is -0.160. The second-order valence-corrected chi connectivity index (χ2v) is 3.17. The second kappa shape index (κ2) is 4.77. The second-order valence-electron chi connectivity index (χ2n) is 3.17. The van der Waals surface area contributed by atoms with Crippen molar-refractivity contribution in [1.29, 1.82) is 0 Å². The largest absolute Gasteiger partial charge is 0.391 e. The van der Waals surface area contributed by atoms with E-state index in [0.717, 1.165) is 0 Å². The van der Waals surface area contributed by atoms with Gasteiger partial charge in [-0.3, -0.25) is 0 Å². The number of aliphatic hydroxyl groups excluding tert-OH is 2. The SMILES string of the molecule is CNCC(NC)(C(C)O)C(C)O. The molecule has 0 rings (SSSR count). The maximum absolute atomic E-state index is 9.50. The minimum atomic E-state index is -0.658. The van der Waals surface area contributed by atoms with Gasteiger partial charge in [-0.1, -0.05) is 0 Å². The predicted molar refractivity (Wildman–Crippen MR) is 49.1 cm³/mol. The maximum atomic E-state index is 9.50. The predicted octanol–water partition coefficient (Wildman–Crippen LogP) is -1.07. The molecule has 0 aromatic rings. The van der Waals surface area contributed by atoms with Gasteiger partial charge in [-0.2, -0.15) is 0 Å². The summed E-state index contributed by atoms with van der Waals surface area (Å²) in [6.07, 6.45) is -1.20. The smallest absolute Gasteiger partial charge is 0.0823 e. The molecule has 0 aromatic carbocycles. The third-order valence-electron chi connectivity index (χ3n) is 2.43. The van der Waals surface area contributed by atoms with Gasteiger partial charge < -0.3 is 20.8 Å². The molecule has 0 saturated heterocycles. The minimum Gasteiger partial charge on any atom is -0.391 e. The zero-order valence-electron chi connectivity index (χ0n) is 8.26. The Kier molecular flexibility index (Phi) is 4.70. The zero-order valence-corrected chi connectivity index (χ0v) is 8.26. The normalized spacial score (nSPS) is 21.5. The van der Waals surface area contributed by atoms with E-state index in [1.54, 1.807) is 27.9 Å². The molecule has 12 heavy (non-hydrogen) atoms. The van der Waals surface area contributed by atoms with Crippen LogP contribution in [0.4, 0.5) is 0 Å². The quantitative estimate of drug-likeness (QED) is 0.430. The van der Waals surface area contributed by atoms with Crippen molar-refractivity contribution >= 4 is 0 Å². The van der Waals surface area contributed by atoms with Crippen molar-refractivity contribution in [3.63, 3.8) is 0 Å². The Morgan fingerprint density at radius 1 is 1.17 bits per heavy atom. The fraction of sp³-hybridized carbons (Fsp3) is 1.00. The Morgan fingerprint density at radius 2 is 1.58 bits per heavy atom. The molecule has 0 spiro atoms. The number of likely N-dealkylation sites (N-methyl/N-ethyl adjacent to an activating group) is 2. The Bertz CT molecular complexity index is 118. The summed E-state index contributed by atoms with van der Waals surface area (Å²) in [6.45, 7) is 3.86. The Labute approximate surface area is 74.0 Å². The molecule has 0 aliphatic heterocycles. The number of nitrogens with one attached hydrogen (secondary N) is 2. The molecule has 74 valence electrons. The van der Waals surface area contributed by atoms with E-state index >= 15 is 0 Å². The summed E-state index contributed by atoms with van der Waals surface area (Å²) in [4.78, 5) is 0. The van der Waals surface area contributed by atoms with Crippen LogP contribution in [0.15, 0.2) is 0 Å². The van der Waals surface area contributed by atoms with Gasteiger partial charge in [0.15, 0.2) is 0 Å². The van der Waals surface area contributed by atoms with Gasteiger partial charge in [-0.25, -0.2) is 0 Å². The molecule has 2 unspecified atom stereocenters. The van der Waals surface area contributed by atoms with Gasteiger partial charge in [0.2, 0.25) is 0 Å². The molecule has 4 heteroatoms. The molecule has 0 bridgehead atoms. The van der Waals surface area contributed by atoms with E-state index in [4.69, 9.17) is 0 Å². The van der Waals surface area contributed by atoms with Gasteiger partial charge in [-0.15, -0.1) is 0 Å². The summed E-state index contributed by atoms with van der Waals surface area (Å²) < 4.78 is 0. The number of hydrogen-bond donors (Lipinski definition) is 4. The molecule has 0 aliphatic rings. The zero-order chi connectivity index (χ0) is 9.78. The third-order valence-corrected chi connectivity index (χ3v) is 2.43. The fourth-order valence-corrected chi connectivity index (χ4v) is 1.44. The summed E-state index contributed by atoms with van der Waals surface area (Å²) in [5, 5.41) is 24.9. The van der Waals surface area contributed by atoms with Crippen LogP contribution in [0, 0.1) is 0 Å². The lowest BCUT2D eigenvalue weighted by Gasteiger charge is -2.38. The number of hydrogen-bond acceptors (Lipinski definition) is 4. The lowest BCUT2D eigenvalue weighted by atomic mass is 9.88. The molecule has 0 fully saturated rings. The van der Waals surface area contributed by atoms with Crippen molar-refractivity contribution < 1.29 is 10.2 Å². The van der Waals surface area contributed by atoms with Gasteiger partial charge >= 0.3 is 0 Å². The van der Waals surface area contributed by atoms with Gasteiger partial charge in [-0.05, 0) is 27.9 Å². The molecule has 0 saturated carbocycles. The van der Waals surface area contributed by atoms with Crippen LogP contribution in [0.25, 0.3) is 0 Å². The lowest BCUT2D eigenvalue weighted by Crippen LogP contribution is -2.64. The highest BCUT2D eigenvalue weighted by molar-refractivity contribution is 4.98. The average Bonchev–Trinajstić information content (AvgIpc) is 1.98. The van der Waals surface area contributed by atoms with Gasteiger partial charge in [0, 0.05) is 6.54 Å². The minimum absolute atomic E-state index is 0.527. The van der Waals surface area contributed by atoms with Crippen LogP contribution in [-0.2, 0) is 0 Å². The van der Waals surface area contributed by atoms with E-state index < -0.39 is 17.7 Å². The molecule has 0 aliphatic carbocycles. The lowest BCUT2D eigenvalue weighted by molar-refractivity contribution is -0.0102. The molecule has 0 radical (unpaired) electrons. The van der Waals surface area contributed by atoms with Crippen LogP contribution in [0.2, 0.25) is 0 Å². The highest BCUT2D eigenvalue weighted by Gasteiger charge is 2.37. The van der Waals surface area contributed by atoms with Gasteiger partial charge in [0.25, 0.3) is 0 Å². The van der Waals surface area contributed by atoms with Crippen molar-refractivity contribution in [2.75, 3.05) is 20.6 Å². The van der Waals surface area contributed by atoms with E-state index in [1.165, 1.54) is 0 Å². The average molecular weight is 176 g/mol. The molecular weight excluding hydrogens is 156 g/mol. The maximum Gasteiger partial charge on any atom is 0.0823 e. The van der Waals surface area contributed by atoms with E-state index in [1.807, 2.05) is 0 Å². The molecule has 4 nitrogen and oxygen atoms in total. The van der Waals surface area contributed by atoms with E-state index in [0.29, 0.717) is 6.54 Å². The molecule has 0 heterocycles. The first-order valence-corrected chi connectivity index (χ1v) is 4.21.